The van der Waals surface area contributed by atoms with E-state index in [1.54, 1.807) is 18.0 Å². The lowest BCUT2D eigenvalue weighted by Crippen LogP contribution is -2.47. The lowest BCUT2D eigenvalue weighted by atomic mass is 10.1. The molecule has 6 nitrogen and oxygen atoms in total. The zero-order chi connectivity index (χ0) is 20.4. The minimum atomic E-state index is -0.891. The van der Waals surface area contributed by atoms with Gasteiger partial charge in [-0.2, -0.15) is 0 Å². The minimum absolute atomic E-state index is 0.210. The summed E-state index contributed by atoms with van der Waals surface area (Å²) in [7, 11) is 1.73. The number of fused-ring (bicyclic) bond motifs is 1. The fourth-order valence-corrected chi connectivity index (χ4v) is 3.07. The Morgan fingerprint density at radius 3 is 2.67 bits per heavy atom. The van der Waals surface area contributed by atoms with Crippen molar-refractivity contribution in [3.05, 3.63) is 36.4 Å². The summed E-state index contributed by atoms with van der Waals surface area (Å²) in [5.41, 5.74) is 1.66. The zero-order valence-electron chi connectivity index (χ0n) is 16.2. The summed E-state index contributed by atoms with van der Waals surface area (Å²) in [5, 5.41) is -0.891. The van der Waals surface area contributed by atoms with Crippen LogP contribution in [0.15, 0.2) is 30.9 Å². The molecule has 2 rings (SSSR count). The van der Waals surface area contributed by atoms with Crippen molar-refractivity contribution < 1.29 is 19.1 Å². The van der Waals surface area contributed by atoms with Gasteiger partial charge in [-0.3, -0.25) is 14.5 Å². The summed E-state index contributed by atoms with van der Waals surface area (Å²) in [4.78, 5) is 36.8. The van der Waals surface area contributed by atoms with E-state index in [0.717, 1.165) is 36.9 Å². The number of thiol groups is 1. The summed E-state index contributed by atoms with van der Waals surface area (Å²) >= 11 is 4.43. The van der Waals surface area contributed by atoms with Gasteiger partial charge in [-0.15, -0.1) is 12.6 Å². The van der Waals surface area contributed by atoms with Gasteiger partial charge in [0.25, 0.3) is 11.8 Å². The summed E-state index contributed by atoms with van der Waals surface area (Å²) in [6, 6.07) is 5.48. The Morgan fingerprint density at radius 2 is 2.07 bits per heavy atom. The Hall–Kier alpha value is -2.28. The number of aldehydes is 1. The number of likely N-dealkylation sites (N-methyl/N-ethyl adjacent to an activating group) is 1. The monoisotopic (exact) mass is 392 g/mol. The Morgan fingerprint density at radius 1 is 1.41 bits per heavy atom. The molecule has 1 aromatic rings. The van der Waals surface area contributed by atoms with Gasteiger partial charge < -0.3 is 14.4 Å². The number of ether oxygens (including phenoxy) is 1. The molecule has 0 aliphatic carbocycles. The van der Waals surface area contributed by atoms with E-state index in [-0.39, 0.29) is 11.8 Å². The van der Waals surface area contributed by atoms with Crippen molar-refractivity contribution in [1.29, 1.82) is 0 Å². The van der Waals surface area contributed by atoms with Crippen LogP contribution in [0.25, 0.3) is 0 Å². The molecule has 0 saturated carbocycles. The topological polar surface area (TPSA) is 66.9 Å². The highest BCUT2D eigenvalue weighted by Crippen LogP contribution is 2.31. The average Bonchev–Trinajstić information content (AvgIpc) is 3.13. The number of carbonyl (C=O) groups excluding carboxylic acids is 3. The molecular formula is C20H28N2O4S. The van der Waals surface area contributed by atoms with Crippen molar-refractivity contribution >= 4 is 36.4 Å². The molecule has 1 aromatic carbocycles. The number of rotatable bonds is 7. The van der Waals surface area contributed by atoms with E-state index >= 15 is 0 Å². The molecule has 0 fully saturated rings. The molecule has 0 N–H and O–H groups in total. The molecule has 1 aliphatic heterocycles. The first-order valence-electron chi connectivity index (χ1n) is 8.95. The molecule has 0 bridgehead atoms. The van der Waals surface area contributed by atoms with Crippen LogP contribution < -0.4 is 9.64 Å². The number of hydrogen-bond donors (Lipinski definition) is 1. The highest BCUT2D eigenvalue weighted by atomic mass is 32.1. The first-order valence-corrected chi connectivity index (χ1v) is 9.47. The first-order chi connectivity index (χ1) is 12.9. The van der Waals surface area contributed by atoms with Crippen molar-refractivity contribution in [2.45, 2.75) is 38.5 Å². The molecule has 0 radical (unpaired) electrons. The Kier molecular flexibility index (Phi) is 9.64. The molecule has 1 aliphatic rings. The third-order valence-electron chi connectivity index (χ3n) is 4.05. The predicted octanol–water partition coefficient (Wildman–Crippen LogP) is 2.86. The SMILES string of the molecule is C=CC(=O)N(c1ccc2c(c1)CCO2)C(S)C(=O)N(C)CCCC.CC=O. The van der Waals surface area contributed by atoms with Crippen LogP contribution in [0, 0.1) is 0 Å². The normalized spacial score (nSPS) is 12.6. The lowest BCUT2D eigenvalue weighted by molar-refractivity contribution is -0.130. The third-order valence-corrected chi connectivity index (χ3v) is 4.50. The van der Waals surface area contributed by atoms with Gasteiger partial charge in [0.2, 0.25) is 0 Å². The van der Waals surface area contributed by atoms with Crippen LogP contribution >= 0.6 is 12.6 Å². The van der Waals surface area contributed by atoms with Crippen LogP contribution in [0.3, 0.4) is 0 Å². The largest absolute Gasteiger partial charge is 0.493 e. The van der Waals surface area contributed by atoms with E-state index in [0.29, 0.717) is 18.8 Å². The van der Waals surface area contributed by atoms with Crippen molar-refractivity contribution in [3.63, 3.8) is 0 Å². The number of carbonyl (C=O) groups is 3. The minimum Gasteiger partial charge on any atom is -0.493 e. The molecule has 1 heterocycles. The maximum Gasteiger partial charge on any atom is 0.255 e. The highest BCUT2D eigenvalue weighted by molar-refractivity contribution is 7.82. The number of amides is 2. The molecule has 0 spiro atoms. The third kappa shape index (κ3) is 6.13. The number of nitrogens with zero attached hydrogens (tertiary/aromatic N) is 2. The molecule has 7 heteroatoms. The van der Waals surface area contributed by atoms with E-state index in [1.165, 1.54) is 17.9 Å². The van der Waals surface area contributed by atoms with Crippen LogP contribution in [-0.4, -0.2) is 48.6 Å². The van der Waals surface area contributed by atoms with Gasteiger partial charge in [0.15, 0.2) is 5.37 Å². The second kappa shape index (κ2) is 11.4. The van der Waals surface area contributed by atoms with Gasteiger partial charge in [-0.25, -0.2) is 0 Å². The summed E-state index contributed by atoms with van der Waals surface area (Å²) in [5.74, 6) is 0.261. The van der Waals surface area contributed by atoms with Gasteiger partial charge in [0.05, 0.1) is 6.61 Å². The van der Waals surface area contributed by atoms with Gasteiger partial charge >= 0.3 is 0 Å². The van der Waals surface area contributed by atoms with E-state index in [2.05, 4.69) is 26.1 Å². The quantitative estimate of drug-likeness (QED) is 0.335. The van der Waals surface area contributed by atoms with Crippen molar-refractivity contribution in [1.82, 2.24) is 4.90 Å². The van der Waals surface area contributed by atoms with Gasteiger partial charge in [-0.05, 0) is 43.2 Å². The van der Waals surface area contributed by atoms with Crippen molar-refractivity contribution in [3.8, 4) is 5.75 Å². The number of unbranched alkanes of at least 4 members (excludes halogenated alkanes) is 1. The first kappa shape index (κ1) is 22.8. The summed E-state index contributed by atoms with van der Waals surface area (Å²) < 4.78 is 5.49. The Bertz CT molecular complexity index is 678. The number of benzene rings is 1. The maximum absolute atomic E-state index is 12.6. The van der Waals surface area contributed by atoms with Crippen molar-refractivity contribution in [2.75, 3.05) is 25.1 Å². The van der Waals surface area contributed by atoms with Crippen LogP contribution in [0.2, 0.25) is 0 Å². The van der Waals surface area contributed by atoms with Gasteiger partial charge in [0, 0.05) is 25.7 Å². The molecule has 27 heavy (non-hydrogen) atoms. The van der Waals surface area contributed by atoms with E-state index in [9.17, 15) is 9.59 Å². The fraction of sp³-hybridized carbons (Fsp3) is 0.450. The summed E-state index contributed by atoms with van der Waals surface area (Å²) in [6.45, 7) is 8.33. The second-order valence-electron chi connectivity index (χ2n) is 6.03. The lowest BCUT2D eigenvalue weighted by Gasteiger charge is -2.30. The van der Waals surface area contributed by atoms with E-state index in [1.807, 2.05) is 12.1 Å². The molecule has 1 atom stereocenters. The number of anilines is 1. The highest BCUT2D eigenvalue weighted by Gasteiger charge is 2.29. The molecule has 1 unspecified atom stereocenters. The predicted molar refractivity (Wildman–Crippen MR) is 110 cm³/mol. The standard InChI is InChI=1S/C18H24N2O3S.C2H4O/c1-4-6-10-19(3)17(22)18(24)20(16(21)5-2)14-7-8-15-13(12-14)9-11-23-15;1-2-3/h5,7-8,12,18,24H,2,4,6,9-11H2,1,3H3;2H,1H3. The summed E-state index contributed by atoms with van der Waals surface area (Å²) in [6.07, 6.45) is 4.65. The number of hydrogen-bond acceptors (Lipinski definition) is 5. The Balaban J connectivity index is 0.00000114. The van der Waals surface area contributed by atoms with E-state index in [4.69, 9.17) is 9.53 Å². The average molecular weight is 393 g/mol. The smallest absolute Gasteiger partial charge is 0.255 e. The molecule has 0 saturated heterocycles. The maximum atomic E-state index is 12.6. The van der Waals surface area contributed by atoms with Crippen LogP contribution in [0.4, 0.5) is 5.69 Å². The fourth-order valence-electron chi connectivity index (χ4n) is 2.62. The molecular weight excluding hydrogens is 364 g/mol. The second-order valence-corrected chi connectivity index (χ2v) is 6.51. The van der Waals surface area contributed by atoms with Crippen LogP contribution in [-0.2, 0) is 20.8 Å². The van der Waals surface area contributed by atoms with Crippen molar-refractivity contribution in [2.24, 2.45) is 0 Å². The van der Waals surface area contributed by atoms with Gasteiger partial charge in [-0.1, -0.05) is 19.9 Å². The zero-order valence-corrected chi connectivity index (χ0v) is 17.1. The Labute approximate surface area is 166 Å². The van der Waals surface area contributed by atoms with Gasteiger partial charge in [0.1, 0.15) is 12.0 Å². The van der Waals surface area contributed by atoms with Crippen LogP contribution in [0.1, 0.15) is 32.3 Å². The molecule has 2 amide bonds. The van der Waals surface area contributed by atoms with Crippen LogP contribution in [0.5, 0.6) is 5.75 Å². The molecule has 148 valence electrons. The molecule has 0 aromatic heterocycles. The van der Waals surface area contributed by atoms with E-state index < -0.39 is 5.37 Å².